The molecule has 1 aliphatic carbocycles. The van der Waals surface area contributed by atoms with E-state index >= 15 is 0 Å². The van der Waals surface area contributed by atoms with E-state index in [0.717, 1.165) is 70.7 Å². The molecule has 6 rings (SSSR count). The van der Waals surface area contributed by atoms with Crippen molar-refractivity contribution >= 4 is 17.5 Å². The lowest BCUT2D eigenvalue weighted by molar-refractivity contribution is -0.152. The number of benzene rings is 1. The first kappa shape index (κ1) is 24.4. The highest BCUT2D eigenvalue weighted by Gasteiger charge is 2.44. The molecule has 2 aromatic rings. The molecule has 0 amide bonds. The minimum Gasteiger partial charge on any atom is -0.507 e. The second-order valence-electron chi connectivity index (χ2n) is 10.8. The van der Waals surface area contributed by atoms with Gasteiger partial charge in [0.25, 0.3) is 0 Å². The number of morpholine rings is 1. The van der Waals surface area contributed by atoms with Gasteiger partial charge in [-0.3, -0.25) is 14.6 Å². The van der Waals surface area contributed by atoms with Crippen LogP contribution in [-0.2, 0) is 14.3 Å². The van der Waals surface area contributed by atoms with Crippen molar-refractivity contribution in [2.24, 2.45) is 5.92 Å². The Kier molecular flexibility index (Phi) is 6.64. The number of nitrogens with two attached hydrogens (primary N) is 1. The Bertz CT molecular complexity index is 1130. The molecule has 3 aliphatic heterocycles. The molecule has 2 bridgehead atoms. The van der Waals surface area contributed by atoms with Crippen LogP contribution >= 0.6 is 0 Å². The first-order valence-corrected chi connectivity index (χ1v) is 13.4. The first-order chi connectivity index (χ1) is 18.0. The number of esters is 1. The van der Waals surface area contributed by atoms with Crippen LogP contribution in [0.25, 0.3) is 11.3 Å². The Morgan fingerprint density at radius 2 is 1.89 bits per heavy atom. The number of hydrogen-bond donors (Lipinski definition) is 2. The third-order valence-electron chi connectivity index (χ3n) is 8.70. The fraction of sp³-hybridized carbons (Fsp3) is 0.593. The number of fused-ring (bicyclic) bond motifs is 2. The summed E-state index contributed by atoms with van der Waals surface area (Å²) in [6.07, 6.45) is 4.29. The van der Waals surface area contributed by atoms with Crippen LogP contribution in [0, 0.1) is 5.92 Å². The quantitative estimate of drug-likeness (QED) is 0.559. The van der Waals surface area contributed by atoms with Gasteiger partial charge >= 0.3 is 5.97 Å². The summed E-state index contributed by atoms with van der Waals surface area (Å²) in [5, 5.41) is 18.8. The highest BCUT2D eigenvalue weighted by Crippen LogP contribution is 2.38. The first-order valence-electron chi connectivity index (χ1n) is 13.4. The van der Waals surface area contributed by atoms with Crippen LogP contribution in [0.2, 0.25) is 0 Å². The lowest BCUT2D eigenvalue weighted by Gasteiger charge is -2.47. The van der Waals surface area contributed by atoms with E-state index < -0.39 is 0 Å². The van der Waals surface area contributed by atoms with Crippen molar-refractivity contribution in [3.05, 3.63) is 30.3 Å². The lowest BCUT2D eigenvalue weighted by Crippen LogP contribution is -2.59. The van der Waals surface area contributed by atoms with Gasteiger partial charge in [0.05, 0.1) is 37.1 Å². The van der Waals surface area contributed by atoms with Gasteiger partial charge in [-0.1, -0.05) is 12.1 Å². The van der Waals surface area contributed by atoms with Gasteiger partial charge in [0.15, 0.2) is 5.82 Å². The van der Waals surface area contributed by atoms with E-state index in [9.17, 15) is 9.90 Å². The maximum absolute atomic E-state index is 11.8. The van der Waals surface area contributed by atoms with Crippen molar-refractivity contribution < 1.29 is 19.4 Å². The molecule has 1 saturated carbocycles. The number of aromatic nitrogens is 2. The van der Waals surface area contributed by atoms with Crippen molar-refractivity contribution in [2.75, 3.05) is 57.1 Å². The summed E-state index contributed by atoms with van der Waals surface area (Å²) in [5.74, 6) is 0.584. The molecule has 10 heteroatoms. The fourth-order valence-electron chi connectivity index (χ4n) is 6.62. The number of carbonyl (C=O) groups excluding carboxylic acids is 1. The molecule has 0 radical (unpaired) electrons. The predicted octanol–water partition coefficient (Wildman–Crippen LogP) is 1.74. The van der Waals surface area contributed by atoms with Crippen LogP contribution in [0.15, 0.2) is 30.3 Å². The van der Waals surface area contributed by atoms with Crippen LogP contribution < -0.4 is 10.6 Å². The predicted molar refractivity (Wildman–Crippen MR) is 139 cm³/mol. The van der Waals surface area contributed by atoms with Gasteiger partial charge in [-0.05, 0) is 43.9 Å². The number of nitrogen functional groups attached to an aromatic ring is 1. The van der Waals surface area contributed by atoms with Gasteiger partial charge in [0, 0.05) is 56.4 Å². The number of nitrogens with zero attached hydrogens (tertiary/aromatic N) is 5. The Balaban J connectivity index is 1.09. The number of phenolic OH excluding ortho intramolecular Hbond substituents is 1. The maximum Gasteiger partial charge on any atom is 0.308 e. The summed E-state index contributed by atoms with van der Waals surface area (Å²) in [4.78, 5) is 19.3. The summed E-state index contributed by atoms with van der Waals surface area (Å²) in [6.45, 7) is 5.29. The van der Waals surface area contributed by atoms with Crippen LogP contribution in [0.3, 0.4) is 0 Å². The molecule has 1 aromatic carbocycles. The number of carbonyl (C=O) groups is 1. The zero-order valence-electron chi connectivity index (χ0n) is 21.3. The zero-order chi connectivity index (χ0) is 25.5. The van der Waals surface area contributed by atoms with E-state index in [2.05, 4.69) is 24.9 Å². The van der Waals surface area contributed by atoms with Crippen LogP contribution in [0.5, 0.6) is 5.75 Å². The molecule has 0 spiro atoms. The van der Waals surface area contributed by atoms with Crippen LogP contribution in [0.4, 0.5) is 11.5 Å². The van der Waals surface area contributed by atoms with Gasteiger partial charge in [0.1, 0.15) is 5.75 Å². The number of hydrogen-bond acceptors (Lipinski definition) is 10. The summed E-state index contributed by atoms with van der Waals surface area (Å²) in [7, 11) is 1.47. The lowest BCUT2D eigenvalue weighted by atomic mass is 9.79. The molecule has 4 aliphatic rings. The summed E-state index contributed by atoms with van der Waals surface area (Å²) < 4.78 is 11.1. The van der Waals surface area contributed by atoms with Gasteiger partial charge in [-0.2, -0.15) is 0 Å². The number of methoxy groups -OCH3 is 1. The average Bonchev–Trinajstić information content (AvgIpc) is 3.10. The van der Waals surface area contributed by atoms with E-state index in [1.807, 2.05) is 18.2 Å². The summed E-state index contributed by atoms with van der Waals surface area (Å²) in [6, 6.07) is 10.5. The normalized spacial score (nSPS) is 30.2. The minimum absolute atomic E-state index is 0.0571. The number of piperazine rings is 1. The molecule has 2 unspecified atom stereocenters. The molecule has 4 fully saturated rings. The molecular formula is C27H36N6O4. The van der Waals surface area contributed by atoms with Gasteiger partial charge in [0.2, 0.25) is 0 Å². The SMILES string of the molecule is COC(=O)[C@H]1C[C@@H](N2CCO[C@@H](CN3C4CCC3CN(c3cc(-c5ccccc5O)nnc3N)C4)C2)C1. The van der Waals surface area contributed by atoms with Gasteiger partial charge in [-0.25, -0.2) is 0 Å². The minimum atomic E-state index is -0.0757. The van der Waals surface area contributed by atoms with Crippen molar-refractivity contribution in [3.8, 4) is 17.0 Å². The van der Waals surface area contributed by atoms with E-state index in [1.165, 1.54) is 7.11 Å². The number of phenols is 1. The molecule has 3 atom stereocenters. The molecule has 4 heterocycles. The highest BCUT2D eigenvalue weighted by atomic mass is 16.5. The molecule has 3 N–H and O–H groups in total. The molecule has 10 nitrogen and oxygen atoms in total. The van der Waals surface area contributed by atoms with Gasteiger partial charge in [-0.15, -0.1) is 10.2 Å². The zero-order valence-corrected chi connectivity index (χ0v) is 21.3. The number of rotatable bonds is 6. The molecular weight excluding hydrogens is 472 g/mol. The van der Waals surface area contributed by atoms with E-state index in [-0.39, 0.29) is 23.7 Å². The van der Waals surface area contributed by atoms with Crippen molar-refractivity contribution in [2.45, 2.75) is 49.9 Å². The monoisotopic (exact) mass is 508 g/mol. The molecule has 198 valence electrons. The van der Waals surface area contributed by atoms with Crippen LogP contribution in [-0.4, -0.2) is 102 Å². The van der Waals surface area contributed by atoms with Crippen molar-refractivity contribution in [1.82, 2.24) is 20.0 Å². The average molecular weight is 509 g/mol. The molecule has 1 aromatic heterocycles. The Hall–Kier alpha value is -2.95. The second-order valence-corrected chi connectivity index (χ2v) is 10.8. The standard InChI is InChI=1S/C27H36N6O4/c1-36-27(35)17-10-20(11-17)31-8-9-37-21(15-31)16-33-18-6-7-19(33)14-32(13-18)24-12-23(29-30-26(24)28)22-4-2-3-5-25(22)34/h2-5,12,17-21,34H,6-11,13-16H2,1H3,(H2,28,30)/t17-,18?,19?,20+,21-/m1/s1. The number of aromatic hydroxyl groups is 1. The molecule has 37 heavy (non-hydrogen) atoms. The number of para-hydroxylation sites is 1. The Morgan fingerprint density at radius 1 is 1.14 bits per heavy atom. The Morgan fingerprint density at radius 3 is 2.62 bits per heavy atom. The summed E-state index contributed by atoms with van der Waals surface area (Å²) in [5.41, 5.74) is 8.45. The smallest absolute Gasteiger partial charge is 0.308 e. The number of anilines is 2. The number of ether oxygens (including phenoxy) is 2. The van der Waals surface area contributed by atoms with E-state index in [0.29, 0.717) is 35.2 Å². The Labute approximate surface area is 217 Å². The van der Waals surface area contributed by atoms with E-state index in [4.69, 9.17) is 15.2 Å². The highest BCUT2D eigenvalue weighted by molar-refractivity contribution is 5.74. The molecule has 3 saturated heterocycles. The fourth-order valence-corrected chi connectivity index (χ4v) is 6.62. The van der Waals surface area contributed by atoms with E-state index in [1.54, 1.807) is 12.1 Å². The summed E-state index contributed by atoms with van der Waals surface area (Å²) >= 11 is 0. The van der Waals surface area contributed by atoms with Crippen LogP contribution in [0.1, 0.15) is 25.7 Å². The van der Waals surface area contributed by atoms with Crippen molar-refractivity contribution in [3.63, 3.8) is 0 Å². The topological polar surface area (TPSA) is 117 Å². The second kappa shape index (κ2) is 10.1. The van der Waals surface area contributed by atoms with Gasteiger partial charge < -0.3 is 25.2 Å². The maximum atomic E-state index is 11.8. The third-order valence-corrected chi connectivity index (χ3v) is 8.70. The van der Waals surface area contributed by atoms with Crippen molar-refractivity contribution in [1.29, 1.82) is 0 Å². The largest absolute Gasteiger partial charge is 0.507 e. The third kappa shape index (κ3) is 4.73.